The van der Waals surface area contributed by atoms with E-state index in [9.17, 15) is 4.79 Å². The molecule has 0 aromatic heterocycles. The van der Waals surface area contributed by atoms with Crippen LogP contribution >= 0.6 is 15.9 Å². The molecule has 0 fully saturated rings. The second-order valence-corrected chi connectivity index (χ2v) is 6.81. The smallest absolute Gasteiger partial charge is 0.176 e. The average molecular weight is 312 g/mol. The second kappa shape index (κ2) is 5.98. The first-order valence-corrected chi connectivity index (χ1v) is 7.00. The minimum absolute atomic E-state index is 0.162. The van der Waals surface area contributed by atoms with Crippen LogP contribution in [0.1, 0.15) is 38.1 Å². The second-order valence-electron chi connectivity index (χ2n) is 5.89. The Balaban J connectivity index is 2.71. The Morgan fingerprint density at radius 2 is 2.00 bits per heavy atom. The van der Waals surface area contributed by atoms with Crippen molar-refractivity contribution in [1.82, 2.24) is 4.90 Å². The molecule has 0 aliphatic rings. The molecule has 1 aromatic rings. The van der Waals surface area contributed by atoms with Gasteiger partial charge in [-0.25, -0.2) is 0 Å². The fraction of sp³-hybridized carbons (Fsp3) is 0.533. The Labute approximate surface area is 119 Å². The predicted octanol–water partition coefficient (Wildman–Crippen LogP) is 4.00. The first-order chi connectivity index (χ1) is 8.21. The third kappa shape index (κ3) is 4.21. The summed E-state index contributed by atoms with van der Waals surface area (Å²) in [6.07, 6.45) is 0. The largest absolute Gasteiger partial charge is 0.296 e. The van der Waals surface area contributed by atoms with Crippen molar-refractivity contribution in [3.05, 3.63) is 34.3 Å². The standard InChI is InChI=1S/C15H22BrNO/c1-11(15(2,3)4)17(5)10-14(18)12-7-6-8-13(16)9-12/h6-9,11H,10H2,1-5H3. The lowest BCUT2D eigenvalue weighted by Crippen LogP contribution is -2.41. The summed E-state index contributed by atoms with van der Waals surface area (Å²) in [7, 11) is 2.01. The molecule has 0 aliphatic heterocycles. The third-order valence-electron chi connectivity index (χ3n) is 3.45. The van der Waals surface area contributed by atoms with Crippen LogP contribution in [0.3, 0.4) is 0 Å². The quantitative estimate of drug-likeness (QED) is 0.783. The molecule has 0 saturated carbocycles. The molecule has 0 heterocycles. The lowest BCUT2D eigenvalue weighted by molar-refractivity contribution is 0.0853. The van der Waals surface area contributed by atoms with Crippen LogP contribution in [0.25, 0.3) is 0 Å². The van der Waals surface area contributed by atoms with Crippen LogP contribution < -0.4 is 0 Å². The number of halogens is 1. The normalized spacial score (nSPS) is 13.7. The summed E-state index contributed by atoms with van der Waals surface area (Å²) in [6, 6.07) is 7.91. The highest BCUT2D eigenvalue weighted by atomic mass is 79.9. The van der Waals surface area contributed by atoms with Gasteiger partial charge in [0.05, 0.1) is 6.54 Å². The van der Waals surface area contributed by atoms with Crippen molar-refractivity contribution < 1.29 is 4.79 Å². The summed E-state index contributed by atoms with van der Waals surface area (Å²) in [5, 5.41) is 0. The van der Waals surface area contributed by atoms with Gasteiger partial charge in [-0.15, -0.1) is 0 Å². The van der Waals surface area contributed by atoms with E-state index in [0.29, 0.717) is 12.6 Å². The molecule has 1 rings (SSSR count). The Morgan fingerprint density at radius 3 is 2.50 bits per heavy atom. The summed E-state index contributed by atoms with van der Waals surface area (Å²) >= 11 is 3.39. The maximum Gasteiger partial charge on any atom is 0.176 e. The highest BCUT2D eigenvalue weighted by Crippen LogP contribution is 2.23. The van der Waals surface area contributed by atoms with Gasteiger partial charge in [0.2, 0.25) is 0 Å². The number of Topliss-reactive ketones (excluding diaryl/α,β-unsaturated/α-hetero) is 1. The van der Waals surface area contributed by atoms with Gasteiger partial charge in [-0.2, -0.15) is 0 Å². The van der Waals surface area contributed by atoms with Gasteiger partial charge in [0.25, 0.3) is 0 Å². The van der Waals surface area contributed by atoms with Crippen molar-refractivity contribution in [3.8, 4) is 0 Å². The van der Waals surface area contributed by atoms with E-state index in [0.717, 1.165) is 10.0 Å². The van der Waals surface area contributed by atoms with Crippen LogP contribution in [0, 0.1) is 5.41 Å². The fourth-order valence-corrected chi connectivity index (χ4v) is 2.18. The highest BCUT2D eigenvalue weighted by molar-refractivity contribution is 9.10. The van der Waals surface area contributed by atoms with Gasteiger partial charge >= 0.3 is 0 Å². The van der Waals surface area contributed by atoms with Crippen molar-refractivity contribution >= 4 is 21.7 Å². The zero-order chi connectivity index (χ0) is 13.9. The average Bonchev–Trinajstić information content (AvgIpc) is 2.26. The Kier molecular flexibility index (Phi) is 5.11. The molecule has 3 heteroatoms. The zero-order valence-corrected chi connectivity index (χ0v) is 13.4. The van der Waals surface area contributed by atoms with E-state index in [1.165, 1.54) is 0 Å². The number of carbonyl (C=O) groups excluding carboxylic acids is 1. The molecule has 0 N–H and O–H groups in total. The number of hydrogen-bond donors (Lipinski definition) is 0. The van der Waals surface area contributed by atoms with E-state index in [1.54, 1.807) is 0 Å². The molecular formula is C15H22BrNO. The molecule has 18 heavy (non-hydrogen) atoms. The lowest BCUT2D eigenvalue weighted by Gasteiger charge is -2.34. The summed E-state index contributed by atoms with van der Waals surface area (Å²) in [5.74, 6) is 0.162. The first kappa shape index (κ1) is 15.4. The summed E-state index contributed by atoms with van der Waals surface area (Å²) < 4.78 is 0.944. The van der Waals surface area contributed by atoms with E-state index in [-0.39, 0.29) is 11.2 Å². The molecule has 0 aliphatic carbocycles. The number of hydrogen-bond acceptors (Lipinski definition) is 2. The van der Waals surface area contributed by atoms with Gasteiger partial charge in [-0.3, -0.25) is 9.69 Å². The summed E-state index contributed by atoms with van der Waals surface area (Å²) in [5.41, 5.74) is 0.934. The van der Waals surface area contributed by atoms with Crippen LogP contribution in [-0.4, -0.2) is 30.3 Å². The van der Waals surface area contributed by atoms with Crippen LogP contribution in [0.5, 0.6) is 0 Å². The Bertz CT molecular complexity index is 423. The number of likely N-dealkylation sites (N-methyl/N-ethyl adjacent to an activating group) is 1. The van der Waals surface area contributed by atoms with Crippen molar-refractivity contribution in [2.24, 2.45) is 5.41 Å². The number of rotatable bonds is 4. The molecule has 0 amide bonds. The first-order valence-electron chi connectivity index (χ1n) is 6.21. The molecule has 0 spiro atoms. The van der Waals surface area contributed by atoms with Crippen LogP contribution in [0.4, 0.5) is 0 Å². The monoisotopic (exact) mass is 311 g/mol. The molecule has 1 unspecified atom stereocenters. The number of nitrogens with zero attached hydrogens (tertiary/aromatic N) is 1. The topological polar surface area (TPSA) is 20.3 Å². The highest BCUT2D eigenvalue weighted by Gasteiger charge is 2.25. The molecular weight excluding hydrogens is 290 g/mol. The molecule has 2 nitrogen and oxygen atoms in total. The van der Waals surface area contributed by atoms with Gasteiger partial charge in [0.1, 0.15) is 0 Å². The van der Waals surface area contributed by atoms with Gasteiger partial charge in [-0.05, 0) is 31.5 Å². The maximum atomic E-state index is 12.2. The molecule has 0 saturated heterocycles. The van der Waals surface area contributed by atoms with Gasteiger partial charge in [0, 0.05) is 16.1 Å². The van der Waals surface area contributed by atoms with Crippen molar-refractivity contribution in [2.75, 3.05) is 13.6 Å². The van der Waals surface area contributed by atoms with E-state index in [4.69, 9.17) is 0 Å². The molecule has 1 aromatic carbocycles. The van der Waals surface area contributed by atoms with E-state index >= 15 is 0 Å². The zero-order valence-electron chi connectivity index (χ0n) is 11.8. The minimum Gasteiger partial charge on any atom is -0.296 e. The predicted molar refractivity (Wildman–Crippen MR) is 80.0 cm³/mol. The number of ketones is 1. The third-order valence-corrected chi connectivity index (χ3v) is 3.95. The van der Waals surface area contributed by atoms with Crippen LogP contribution in [-0.2, 0) is 0 Å². The Hall–Kier alpha value is -0.670. The van der Waals surface area contributed by atoms with Gasteiger partial charge in [-0.1, -0.05) is 48.8 Å². The lowest BCUT2D eigenvalue weighted by atomic mass is 9.87. The minimum atomic E-state index is 0.162. The van der Waals surface area contributed by atoms with Crippen molar-refractivity contribution in [1.29, 1.82) is 0 Å². The number of carbonyl (C=O) groups is 1. The molecule has 100 valence electrons. The van der Waals surface area contributed by atoms with Crippen LogP contribution in [0.15, 0.2) is 28.7 Å². The summed E-state index contributed by atoms with van der Waals surface area (Å²) in [4.78, 5) is 14.3. The molecule has 0 radical (unpaired) electrons. The SMILES string of the molecule is CC(N(C)CC(=O)c1cccc(Br)c1)C(C)(C)C. The summed E-state index contributed by atoms with van der Waals surface area (Å²) in [6.45, 7) is 9.19. The van der Waals surface area contributed by atoms with E-state index < -0.39 is 0 Å². The van der Waals surface area contributed by atoms with Gasteiger partial charge in [0.15, 0.2) is 5.78 Å². The molecule has 0 bridgehead atoms. The fourth-order valence-electron chi connectivity index (χ4n) is 1.78. The van der Waals surface area contributed by atoms with Crippen molar-refractivity contribution in [2.45, 2.75) is 33.7 Å². The van der Waals surface area contributed by atoms with Crippen molar-refractivity contribution in [3.63, 3.8) is 0 Å². The maximum absolute atomic E-state index is 12.2. The Morgan fingerprint density at radius 1 is 1.39 bits per heavy atom. The number of benzene rings is 1. The van der Waals surface area contributed by atoms with E-state index in [2.05, 4.69) is 48.5 Å². The van der Waals surface area contributed by atoms with E-state index in [1.807, 2.05) is 31.3 Å². The van der Waals surface area contributed by atoms with Crippen LogP contribution in [0.2, 0.25) is 0 Å². The van der Waals surface area contributed by atoms with Gasteiger partial charge < -0.3 is 0 Å². The molecule has 1 atom stereocenters.